The molecule has 5 rings (SSSR count). The predicted octanol–water partition coefficient (Wildman–Crippen LogP) is 2.00. The number of aromatic nitrogens is 4. The van der Waals surface area contributed by atoms with E-state index >= 15 is 0 Å². The molecule has 174 valence electrons. The van der Waals surface area contributed by atoms with Gasteiger partial charge in [-0.3, -0.25) is 4.21 Å². The highest BCUT2D eigenvalue weighted by atomic mass is 32.2. The van der Waals surface area contributed by atoms with Crippen LogP contribution in [0.25, 0.3) is 5.57 Å². The number of primary amides is 1. The average molecular weight is 470 g/mol. The zero-order valence-electron chi connectivity index (χ0n) is 18.5. The van der Waals surface area contributed by atoms with Gasteiger partial charge in [0.1, 0.15) is 17.3 Å². The Bertz CT molecular complexity index is 1120. The minimum Gasteiger partial charge on any atom is -0.448 e. The molecule has 2 aliphatic heterocycles. The lowest BCUT2D eigenvalue weighted by atomic mass is 10.1. The van der Waals surface area contributed by atoms with Gasteiger partial charge in [0.25, 0.3) is 0 Å². The Kier molecular flexibility index (Phi) is 5.96. The number of hydrogen-bond acceptors (Lipinski definition) is 9. The minimum absolute atomic E-state index is 0.0887. The third-order valence-electron chi connectivity index (χ3n) is 6.03. The summed E-state index contributed by atoms with van der Waals surface area (Å²) in [5.41, 5.74) is 8.23. The summed E-state index contributed by atoms with van der Waals surface area (Å²) in [6, 6.07) is -0.245. The van der Waals surface area contributed by atoms with Crippen LogP contribution in [0.3, 0.4) is 0 Å². The lowest BCUT2D eigenvalue weighted by Gasteiger charge is -2.27. The fourth-order valence-corrected chi connectivity index (χ4v) is 5.40. The number of anilines is 2. The first-order chi connectivity index (χ1) is 16.0. The van der Waals surface area contributed by atoms with E-state index in [9.17, 15) is 9.00 Å². The highest BCUT2D eigenvalue weighted by Crippen LogP contribution is 2.39. The Morgan fingerprint density at radius 2 is 2.09 bits per heavy atom. The van der Waals surface area contributed by atoms with Crippen LogP contribution in [0.4, 0.5) is 16.6 Å². The molecule has 0 aromatic carbocycles. The molecule has 2 aromatic heterocycles. The Labute approximate surface area is 194 Å². The monoisotopic (exact) mass is 469 g/mol. The molecular formula is C22H27N7O3S. The minimum atomic E-state index is -1.15. The Balaban J connectivity index is 1.33. The molecular weight excluding hydrogens is 442 g/mol. The van der Waals surface area contributed by atoms with E-state index in [-0.39, 0.29) is 12.6 Å². The van der Waals surface area contributed by atoms with Gasteiger partial charge in [0.2, 0.25) is 5.95 Å². The van der Waals surface area contributed by atoms with Gasteiger partial charge in [-0.1, -0.05) is 6.08 Å². The van der Waals surface area contributed by atoms with Gasteiger partial charge in [0, 0.05) is 37.7 Å². The summed E-state index contributed by atoms with van der Waals surface area (Å²) >= 11 is 0. The van der Waals surface area contributed by atoms with Crippen molar-refractivity contribution in [3.63, 3.8) is 0 Å². The fourth-order valence-electron chi connectivity index (χ4n) is 4.09. The van der Waals surface area contributed by atoms with Crippen molar-refractivity contribution in [2.45, 2.75) is 49.5 Å². The van der Waals surface area contributed by atoms with E-state index in [1.54, 1.807) is 0 Å². The smallest absolute Gasteiger partial charge is 0.404 e. The van der Waals surface area contributed by atoms with Gasteiger partial charge in [-0.05, 0) is 43.2 Å². The molecule has 10 nitrogen and oxygen atoms in total. The molecule has 4 heterocycles. The van der Waals surface area contributed by atoms with Gasteiger partial charge < -0.3 is 20.7 Å². The van der Waals surface area contributed by atoms with Gasteiger partial charge in [0.15, 0.2) is 5.82 Å². The summed E-state index contributed by atoms with van der Waals surface area (Å²) < 4.78 is 17.4. The summed E-state index contributed by atoms with van der Waals surface area (Å²) in [7, 11) is -1.15. The van der Waals surface area contributed by atoms with Crippen LogP contribution in [0.2, 0.25) is 0 Å². The molecule has 0 radical (unpaired) electrons. The van der Waals surface area contributed by atoms with E-state index in [1.807, 2.05) is 19.3 Å². The third kappa shape index (κ3) is 4.82. The van der Waals surface area contributed by atoms with Crippen LogP contribution in [0.1, 0.15) is 49.2 Å². The van der Waals surface area contributed by atoms with Gasteiger partial charge in [-0.25, -0.2) is 19.7 Å². The van der Waals surface area contributed by atoms with E-state index in [4.69, 9.17) is 20.4 Å². The van der Waals surface area contributed by atoms with Crippen LogP contribution in [-0.4, -0.2) is 61.7 Å². The summed E-state index contributed by atoms with van der Waals surface area (Å²) in [5, 5.41) is 3.22. The number of hydrogen-bond donors (Lipinski definition) is 2. The Hall–Kier alpha value is -3.08. The van der Waals surface area contributed by atoms with E-state index < -0.39 is 16.9 Å². The Morgan fingerprint density at radius 1 is 1.30 bits per heavy atom. The van der Waals surface area contributed by atoms with Crippen molar-refractivity contribution in [3.8, 4) is 0 Å². The zero-order chi connectivity index (χ0) is 22.9. The number of fused-ring (bicyclic) bond motifs is 1. The molecule has 2 atom stereocenters. The molecule has 1 fully saturated rings. The quantitative estimate of drug-likeness (QED) is 0.624. The van der Waals surface area contributed by atoms with Crippen LogP contribution in [-0.2, 0) is 22.0 Å². The van der Waals surface area contributed by atoms with Crippen LogP contribution in [0, 0.1) is 0 Å². The van der Waals surface area contributed by atoms with Crippen molar-refractivity contribution < 1.29 is 13.7 Å². The summed E-state index contributed by atoms with van der Waals surface area (Å²) in [6.07, 6.45) is 9.12. The van der Waals surface area contributed by atoms with Crippen molar-refractivity contribution in [1.29, 1.82) is 0 Å². The zero-order valence-corrected chi connectivity index (χ0v) is 19.3. The van der Waals surface area contributed by atoms with Crippen LogP contribution in [0.5, 0.6) is 0 Å². The normalized spacial score (nSPS) is 20.7. The first kappa shape index (κ1) is 21.7. The Morgan fingerprint density at radius 3 is 2.76 bits per heavy atom. The standard InChI is InChI=1S/C22H27N7O3S/c1-13(12-32-21(23)30)26-20-18-17(6-9-33(18)31)27-22(28-20)29-7-4-15(5-8-29)19-24-10-16(11-25-19)14-2-3-14/h4,10-11,13-14H,2-3,5-9,12H2,1H3,(H2,23,30)(H,26,27,28)/t13-,33+/m1/s1. The molecule has 0 saturated heterocycles. The molecule has 2 aromatic rings. The van der Waals surface area contributed by atoms with Gasteiger partial charge in [-0.15, -0.1) is 0 Å². The third-order valence-corrected chi connectivity index (χ3v) is 7.49. The van der Waals surface area contributed by atoms with Crippen LogP contribution < -0.4 is 16.0 Å². The average Bonchev–Trinajstić information content (AvgIpc) is 3.60. The van der Waals surface area contributed by atoms with Crippen molar-refractivity contribution in [2.75, 3.05) is 35.7 Å². The van der Waals surface area contributed by atoms with Crippen LogP contribution >= 0.6 is 0 Å². The number of carbonyl (C=O) groups excluding carboxylic acids is 1. The first-order valence-electron chi connectivity index (χ1n) is 11.2. The van der Waals surface area contributed by atoms with E-state index in [1.165, 1.54) is 18.4 Å². The summed E-state index contributed by atoms with van der Waals surface area (Å²) in [6.45, 7) is 3.32. The van der Waals surface area contributed by atoms with Crippen molar-refractivity contribution in [3.05, 3.63) is 35.6 Å². The second kappa shape index (κ2) is 9.05. The maximum atomic E-state index is 12.5. The van der Waals surface area contributed by atoms with Crippen LogP contribution in [0.15, 0.2) is 23.4 Å². The molecule has 1 aliphatic carbocycles. The SMILES string of the molecule is C[C@H](COC(N)=O)Nc1nc(N2CC=C(c3ncc(C4CC4)cn3)CC2)nc2c1[S@@](=O)CC2. The van der Waals surface area contributed by atoms with Gasteiger partial charge in [-0.2, -0.15) is 4.98 Å². The molecule has 1 saturated carbocycles. The van der Waals surface area contributed by atoms with E-state index in [2.05, 4.69) is 26.3 Å². The maximum Gasteiger partial charge on any atom is 0.404 e. The van der Waals surface area contributed by atoms with E-state index in [0.29, 0.717) is 41.3 Å². The molecule has 3 aliphatic rings. The first-order valence-corrected chi connectivity index (χ1v) is 12.5. The number of nitrogens with one attached hydrogen (secondary N) is 1. The highest BCUT2D eigenvalue weighted by Gasteiger charge is 2.29. The van der Waals surface area contributed by atoms with Gasteiger partial charge >= 0.3 is 6.09 Å². The second-order valence-corrected chi connectivity index (χ2v) is 10.2. The molecule has 0 spiro atoms. The lowest BCUT2D eigenvalue weighted by Crippen LogP contribution is -2.31. The number of rotatable bonds is 7. The lowest BCUT2D eigenvalue weighted by molar-refractivity contribution is 0.153. The van der Waals surface area contributed by atoms with Gasteiger partial charge in [0.05, 0.1) is 22.5 Å². The highest BCUT2D eigenvalue weighted by molar-refractivity contribution is 7.85. The number of aryl methyl sites for hydroxylation is 1. The second-order valence-electron chi connectivity index (χ2n) is 8.66. The van der Waals surface area contributed by atoms with Crippen molar-refractivity contribution in [1.82, 2.24) is 19.9 Å². The van der Waals surface area contributed by atoms with Crippen molar-refractivity contribution in [2.24, 2.45) is 5.73 Å². The largest absolute Gasteiger partial charge is 0.448 e. The van der Waals surface area contributed by atoms with E-state index in [0.717, 1.165) is 30.1 Å². The molecule has 0 unspecified atom stereocenters. The molecule has 33 heavy (non-hydrogen) atoms. The molecule has 0 bridgehead atoms. The molecule has 3 N–H and O–H groups in total. The number of nitrogens with zero attached hydrogens (tertiary/aromatic N) is 5. The number of carbonyl (C=O) groups is 1. The number of ether oxygens (including phenoxy) is 1. The molecule has 1 amide bonds. The fraction of sp³-hybridized carbons (Fsp3) is 0.500. The maximum absolute atomic E-state index is 12.5. The summed E-state index contributed by atoms with van der Waals surface area (Å²) in [5.74, 6) is 3.09. The topological polar surface area (TPSA) is 136 Å². The predicted molar refractivity (Wildman–Crippen MR) is 124 cm³/mol. The molecule has 11 heteroatoms. The summed E-state index contributed by atoms with van der Waals surface area (Å²) in [4.78, 5) is 32.2. The number of amides is 1. The number of nitrogens with two attached hydrogens (primary N) is 1. The van der Waals surface area contributed by atoms with Crippen molar-refractivity contribution >= 4 is 34.2 Å².